The first-order valence-electron chi connectivity index (χ1n) is 12.1. The van der Waals surface area contributed by atoms with Gasteiger partial charge in [-0.2, -0.15) is 11.8 Å². The molecule has 3 N–H and O–H groups in total. The molecule has 2 rings (SSSR count). The summed E-state index contributed by atoms with van der Waals surface area (Å²) in [6.45, 7) is 5.19. The van der Waals surface area contributed by atoms with Crippen LogP contribution in [-0.4, -0.2) is 54.9 Å². The van der Waals surface area contributed by atoms with E-state index in [1.165, 1.54) is 11.8 Å². The number of rotatable bonds is 14. The molecule has 2 aromatic carbocycles. The molecule has 200 valence electrons. The highest BCUT2D eigenvalue weighted by molar-refractivity contribution is 7.98. The highest BCUT2D eigenvalue weighted by Crippen LogP contribution is 2.14. The van der Waals surface area contributed by atoms with Crippen molar-refractivity contribution < 1.29 is 28.7 Å². The van der Waals surface area contributed by atoms with Crippen molar-refractivity contribution in [2.24, 2.45) is 5.92 Å². The van der Waals surface area contributed by atoms with Gasteiger partial charge in [-0.1, -0.05) is 74.5 Å². The molecule has 0 saturated carbocycles. The zero-order chi connectivity index (χ0) is 27.0. The number of hydrogen-bond acceptors (Lipinski definition) is 7. The quantitative estimate of drug-likeness (QED) is 0.322. The molecular weight excluding hydrogens is 494 g/mol. The van der Waals surface area contributed by atoms with Crippen LogP contribution in [0, 0.1) is 5.92 Å². The minimum Gasteiger partial charge on any atom is -0.465 e. The molecule has 0 aliphatic heterocycles. The van der Waals surface area contributed by atoms with Gasteiger partial charge >= 0.3 is 12.1 Å². The molecule has 0 bridgehead atoms. The van der Waals surface area contributed by atoms with Gasteiger partial charge in [-0.05, 0) is 24.0 Å². The Hall–Kier alpha value is -3.53. The van der Waals surface area contributed by atoms with E-state index < -0.39 is 36.0 Å². The summed E-state index contributed by atoms with van der Waals surface area (Å²) in [5.74, 6) is -0.987. The number of carbonyl (C=O) groups is 4. The maximum absolute atomic E-state index is 13.1. The Morgan fingerprint density at radius 3 is 2.05 bits per heavy atom. The van der Waals surface area contributed by atoms with Crippen LogP contribution < -0.4 is 16.0 Å². The summed E-state index contributed by atoms with van der Waals surface area (Å²) < 4.78 is 10.1. The zero-order valence-electron chi connectivity index (χ0n) is 21.4. The van der Waals surface area contributed by atoms with Gasteiger partial charge in [0.1, 0.15) is 25.2 Å². The van der Waals surface area contributed by atoms with Crippen molar-refractivity contribution in [3.8, 4) is 0 Å². The molecule has 2 atom stereocenters. The Balaban J connectivity index is 2.00. The van der Waals surface area contributed by atoms with Crippen LogP contribution in [0.5, 0.6) is 0 Å². The molecule has 2 aromatic rings. The second kappa shape index (κ2) is 16.3. The minimum absolute atomic E-state index is 0.0636. The third-order valence-corrected chi connectivity index (χ3v) is 6.28. The first kappa shape index (κ1) is 29.7. The molecule has 0 spiro atoms. The summed E-state index contributed by atoms with van der Waals surface area (Å²) in [6.07, 6.45) is -0.737. The number of esters is 1. The van der Waals surface area contributed by atoms with E-state index in [1.54, 1.807) is 20.8 Å². The predicted octanol–water partition coefficient (Wildman–Crippen LogP) is 3.03. The molecular formula is C27H35N3O6S. The van der Waals surface area contributed by atoms with Gasteiger partial charge < -0.3 is 25.4 Å². The first-order chi connectivity index (χ1) is 17.8. The Morgan fingerprint density at radius 2 is 1.46 bits per heavy atom. The molecule has 0 heterocycles. The number of nitrogens with one attached hydrogen (secondary N) is 3. The van der Waals surface area contributed by atoms with Crippen molar-refractivity contribution in [3.05, 3.63) is 71.8 Å². The molecule has 0 radical (unpaired) electrons. The number of carbonyl (C=O) groups excluding carboxylic acids is 4. The van der Waals surface area contributed by atoms with Crippen LogP contribution in [0.25, 0.3) is 0 Å². The SMILES string of the molecule is CCOC(=O)CNC(=O)[C@@H](CSCc1ccccc1)NC(=O)[C@H](NC(=O)OCc1ccccc1)C(C)C. The monoisotopic (exact) mass is 529 g/mol. The number of thioether (sulfide) groups is 1. The van der Waals surface area contributed by atoms with E-state index in [0.717, 1.165) is 11.1 Å². The summed E-state index contributed by atoms with van der Waals surface area (Å²) in [6, 6.07) is 17.1. The van der Waals surface area contributed by atoms with Gasteiger partial charge in [0.05, 0.1) is 6.61 Å². The molecule has 9 nitrogen and oxygen atoms in total. The molecule has 3 amide bonds. The Labute approximate surface area is 222 Å². The highest BCUT2D eigenvalue weighted by Gasteiger charge is 2.29. The molecule has 0 aromatic heterocycles. The third kappa shape index (κ3) is 11.4. The zero-order valence-corrected chi connectivity index (χ0v) is 22.2. The van der Waals surface area contributed by atoms with Crippen molar-refractivity contribution in [2.45, 2.75) is 45.2 Å². The van der Waals surface area contributed by atoms with E-state index in [-0.39, 0.29) is 31.4 Å². The van der Waals surface area contributed by atoms with E-state index in [0.29, 0.717) is 5.75 Å². The summed E-state index contributed by atoms with van der Waals surface area (Å²) in [4.78, 5) is 50.0. The van der Waals surface area contributed by atoms with Crippen molar-refractivity contribution in [2.75, 3.05) is 18.9 Å². The van der Waals surface area contributed by atoms with Crippen LogP contribution in [-0.2, 0) is 36.2 Å². The first-order valence-corrected chi connectivity index (χ1v) is 13.3. The Morgan fingerprint density at radius 1 is 0.838 bits per heavy atom. The normalized spacial score (nSPS) is 12.2. The lowest BCUT2D eigenvalue weighted by molar-refractivity contribution is -0.143. The number of amides is 3. The van der Waals surface area contributed by atoms with Gasteiger partial charge in [-0.3, -0.25) is 14.4 Å². The lowest BCUT2D eigenvalue weighted by Gasteiger charge is -2.25. The summed E-state index contributed by atoms with van der Waals surface area (Å²) in [7, 11) is 0. The second-order valence-corrected chi connectivity index (χ2v) is 9.54. The van der Waals surface area contributed by atoms with Crippen molar-refractivity contribution in [1.29, 1.82) is 0 Å². The van der Waals surface area contributed by atoms with Gasteiger partial charge in [0, 0.05) is 11.5 Å². The van der Waals surface area contributed by atoms with Crippen LogP contribution >= 0.6 is 11.8 Å². The van der Waals surface area contributed by atoms with Gasteiger partial charge in [0.15, 0.2) is 0 Å². The molecule has 37 heavy (non-hydrogen) atoms. The maximum Gasteiger partial charge on any atom is 0.408 e. The standard InChI is InChI=1S/C27H35N3O6S/c1-4-35-23(31)15-28-25(32)22(18-37-17-21-13-9-6-10-14-21)29-26(33)24(19(2)3)30-27(34)36-16-20-11-7-5-8-12-20/h5-14,19,22,24H,4,15-18H2,1-3H3,(H,28,32)(H,29,33)(H,30,34)/t22-,24-/m1/s1. The average Bonchev–Trinajstić information content (AvgIpc) is 2.89. The topological polar surface area (TPSA) is 123 Å². The molecule has 0 unspecified atom stereocenters. The third-order valence-electron chi connectivity index (χ3n) is 5.18. The maximum atomic E-state index is 13.1. The van der Waals surface area contributed by atoms with Crippen LogP contribution in [0.4, 0.5) is 4.79 Å². The van der Waals surface area contributed by atoms with E-state index >= 15 is 0 Å². The van der Waals surface area contributed by atoms with Crippen LogP contribution in [0.2, 0.25) is 0 Å². The van der Waals surface area contributed by atoms with Gasteiger partial charge in [-0.15, -0.1) is 0 Å². The fourth-order valence-corrected chi connectivity index (χ4v) is 4.25. The number of hydrogen-bond donors (Lipinski definition) is 3. The van der Waals surface area contributed by atoms with Crippen molar-refractivity contribution >= 4 is 35.6 Å². The predicted molar refractivity (Wildman–Crippen MR) is 143 cm³/mol. The van der Waals surface area contributed by atoms with Gasteiger partial charge in [-0.25, -0.2) is 4.79 Å². The summed E-state index contributed by atoms with van der Waals surface area (Å²) in [5.41, 5.74) is 1.89. The summed E-state index contributed by atoms with van der Waals surface area (Å²) >= 11 is 1.47. The Kier molecular flexibility index (Phi) is 13.1. The van der Waals surface area contributed by atoms with Crippen LogP contribution in [0.3, 0.4) is 0 Å². The minimum atomic E-state index is -0.931. The van der Waals surface area contributed by atoms with E-state index in [9.17, 15) is 19.2 Å². The number of ether oxygens (including phenoxy) is 2. The summed E-state index contributed by atoms with van der Waals surface area (Å²) in [5, 5.41) is 7.83. The highest BCUT2D eigenvalue weighted by atomic mass is 32.2. The van der Waals surface area contributed by atoms with E-state index in [1.807, 2.05) is 60.7 Å². The van der Waals surface area contributed by atoms with E-state index in [2.05, 4.69) is 16.0 Å². The second-order valence-electron chi connectivity index (χ2n) is 8.51. The fraction of sp³-hybridized carbons (Fsp3) is 0.407. The van der Waals surface area contributed by atoms with E-state index in [4.69, 9.17) is 9.47 Å². The van der Waals surface area contributed by atoms with Crippen LogP contribution in [0.15, 0.2) is 60.7 Å². The van der Waals surface area contributed by atoms with Crippen molar-refractivity contribution in [3.63, 3.8) is 0 Å². The van der Waals surface area contributed by atoms with Gasteiger partial charge in [0.25, 0.3) is 0 Å². The largest absolute Gasteiger partial charge is 0.465 e. The lowest BCUT2D eigenvalue weighted by atomic mass is 10.0. The average molecular weight is 530 g/mol. The van der Waals surface area contributed by atoms with Crippen molar-refractivity contribution in [1.82, 2.24) is 16.0 Å². The smallest absolute Gasteiger partial charge is 0.408 e. The molecule has 10 heteroatoms. The van der Waals surface area contributed by atoms with Gasteiger partial charge in [0.2, 0.25) is 11.8 Å². The number of alkyl carbamates (subject to hydrolysis) is 1. The Bertz CT molecular complexity index is 1000. The molecule has 0 aliphatic carbocycles. The molecule has 0 saturated heterocycles. The number of benzene rings is 2. The molecule has 0 aliphatic rings. The van der Waals surface area contributed by atoms with Crippen LogP contribution in [0.1, 0.15) is 31.9 Å². The lowest BCUT2D eigenvalue weighted by Crippen LogP contribution is -2.56. The fourth-order valence-electron chi connectivity index (χ4n) is 3.23. The molecule has 0 fully saturated rings.